The van der Waals surface area contributed by atoms with Crippen LogP contribution in [-0.2, 0) is 0 Å². The minimum absolute atomic E-state index is 0.00576. The quantitative estimate of drug-likeness (QED) is 0.444. The molecule has 2 aromatic carbocycles. The van der Waals surface area contributed by atoms with Crippen molar-refractivity contribution in [1.82, 2.24) is 9.78 Å². The SMILES string of the molecule is O=C(Nc1c(F)cc(F)cc1Br)c1cc2n(n1)[C@H](C(F)(F)F)C[C@H](c1ccccc1)N2. The Hall–Kier alpha value is -2.95. The van der Waals surface area contributed by atoms with E-state index in [9.17, 15) is 26.7 Å². The number of hydrogen-bond donors (Lipinski definition) is 2. The van der Waals surface area contributed by atoms with Crippen LogP contribution in [0.3, 0.4) is 0 Å². The first-order chi connectivity index (χ1) is 14.6. The summed E-state index contributed by atoms with van der Waals surface area (Å²) in [6, 6.07) is 8.71. The lowest BCUT2D eigenvalue weighted by atomic mass is 9.97. The number of fused-ring (bicyclic) bond motifs is 1. The zero-order chi connectivity index (χ0) is 22.3. The second kappa shape index (κ2) is 7.95. The van der Waals surface area contributed by atoms with Crippen LogP contribution in [0.15, 0.2) is 53.0 Å². The molecular formula is C20H14BrF5N4O. The van der Waals surface area contributed by atoms with Gasteiger partial charge in [0.1, 0.15) is 11.6 Å². The molecule has 0 spiro atoms. The molecule has 2 atom stereocenters. The molecule has 0 aliphatic carbocycles. The van der Waals surface area contributed by atoms with Crippen LogP contribution < -0.4 is 10.6 Å². The maximum atomic E-state index is 14.0. The van der Waals surface area contributed by atoms with Crippen molar-refractivity contribution in [1.29, 1.82) is 0 Å². The number of anilines is 2. The molecule has 0 radical (unpaired) electrons. The van der Waals surface area contributed by atoms with Crippen LogP contribution in [0.5, 0.6) is 0 Å². The van der Waals surface area contributed by atoms with E-state index in [1.54, 1.807) is 30.3 Å². The molecule has 1 amide bonds. The van der Waals surface area contributed by atoms with Crippen molar-refractivity contribution < 1.29 is 26.7 Å². The number of aromatic nitrogens is 2. The average molecular weight is 501 g/mol. The van der Waals surface area contributed by atoms with Crippen molar-refractivity contribution in [3.05, 3.63) is 75.9 Å². The zero-order valence-corrected chi connectivity index (χ0v) is 17.1. The van der Waals surface area contributed by atoms with E-state index in [0.29, 0.717) is 16.3 Å². The van der Waals surface area contributed by atoms with Crippen LogP contribution in [0.4, 0.5) is 33.5 Å². The number of carbonyl (C=O) groups is 1. The van der Waals surface area contributed by atoms with E-state index in [0.717, 1.165) is 6.07 Å². The third-order valence-electron chi connectivity index (χ3n) is 4.87. The monoisotopic (exact) mass is 500 g/mol. The number of rotatable bonds is 3. The normalized spacial score (nSPS) is 18.3. The predicted molar refractivity (Wildman–Crippen MR) is 107 cm³/mol. The number of alkyl halides is 3. The smallest absolute Gasteiger partial charge is 0.363 e. The fourth-order valence-electron chi connectivity index (χ4n) is 3.43. The summed E-state index contributed by atoms with van der Waals surface area (Å²) in [6.07, 6.45) is -4.92. The molecule has 1 aromatic heterocycles. The number of carbonyl (C=O) groups excluding carboxylic acids is 1. The molecule has 31 heavy (non-hydrogen) atoms. The maximum absolute atomic E-state index is 14.0. The molecule has 162 valence electrons. The highest BCUT2D eigenvalue weighted by Crippen LogP contribution is 2.43. The van der Waals surface area contributed by atoms with E-state index in [4.69, 9.17) is 0 Å². The summed E-state index contributed by atoms with van der Waals surface area (Å²) in [5, 5.41) is 9.00. The number of amides is 1. The van der Waals surface area contributed by atoms with E-state index in [2.05, 4.69) is 31.7 Å². The summed E-state index contributed by atoms with van der Waals surface area (Å²) in [6.45, 7) is 0. The van der Waals surface area contributed by atoms with Gasteiger partial charge in [-0.25, -0.2) is 13.5 Å². The van der Waals surface area contributed by atoms with Gasteiger partial charge in [-0.1, -0.05) is 30.3 Å². The Labute approximate surface area is 181 Å². The van der Waals surface area contributed by atoms with Crippen molar-refractivity contribution in [3.63, 3.8) is 0 Å². The van der Waals surface area contributed by atoms with Gasteiger partial charge in [0.25, 0.3) is 5.91 Å². The minimum Gasteiger partial charge on any atom is -0.363 e. The predicted octanol–water partition coefficient (Wildman–Crippen LogP) is 5.84. The first-order valence-corrected chi connectivity index (χ1v) is 9.86. The number of nitrogens with zero attached hydrogens (tertiary/aromatic N) is 2. The molecule has 0 fully saturated rings. The van der Waals surface area contributed by atoms with Gasteiger partial charge >= 0.3 is 6.18 Å². The molecule has 0 saturated carbocycles. The van der Waals surface area contributed by atoms with Crippen molar-refractivity contribution in [2.45, 2.75) is 24.7 Å². The van der Waals surface area contributed by atoms with Crippen molar-refractivity contribution in [2.24, 2.45) is 0 Å². The van der Waals surface area contributed by atoms with E-state index in [1.807, 2.05) is 0 Å². The third kappa shape index (κ3) is 4.27. The third-order valence-corrected chi connectivity index (χ3v) is 5.50. The second-order valence-corrected chi connectivity index (χ2v) is 7.81. The molecular weight excluding hydrogens is 487 g/mol. The van der Waals surface area contributed by atoms with Gasteiger partial charge in [-0.15, -0.1) is 0 Å². The van der Waals surface area contributed by atoms with Crippen LogP contribution in [0.25, 0.3) is 0 Å². The molecule has 2 N–H and O–H groups in total. The van der Waals surface area contributed by atoms with Crippen LogP contribution in [0.1, 0.15) is 34.6 Å². The summed E-state index contributed by atoms with van der Waals surface area (Å²) in [5.74, 6) is -2.83. The summed E-state index contributed by atoms with van der Waals surface area (Å²) < 4.78 is 69.1. The van der Waals surface area contributed by atoms with Crippen LogP contribution >= 0.6 is 15.9 Å². The number of benzene rings is 2. The van der Waals surface area contributed by atoms with E-state index < -0.39 is 35.8 Å². The zero-order valence-electron chi connectivity index (χ0n) is 15.6. The highest BCUT2D eigenvalue weighted by molar-refractivity contribution is 9.10. The molecule has 3 aromatic rings. The maximum Gasteiger partial charge on any atom is 0.410 e. The molecule has 1 aliphatic rings. The van der Waals surface area contributed by atoms with Gasteiger partial charge in [-0.3, -0.25) is 4.79 Å². The van der Waals surface area contributed by atoms with Gasteiger partial charge in [0.2, 0.25) is 0 Å². The highest BCUT2D eigenvalue weighted by atomic mass is 79.9. The molecule has 2 heterocycles. The lowest BCUT2D eigenvalue weighted by Crippen LogP contribution is -2.35. The Bertz CT molecular complexity index is 1110. The van der Waals surface area contributed by atoms with Gasteiger partial charge in [0, 0.05) is 23.0 Å². The Morgan fingerprint density at radius 1 is 1.16 bits per heavy atom. The van der Waals surface area contributed by atoms with Gasteiger partial charge in [0.15, 0.2) is 17.6 Å². The fourth-order valence-corrected chi connectivity index (χ4v) is 3.93. The Kier molecular flexibility index (Phi) is 5.46. The first kappa shape index (κ1) is 21.3. The topological polar surface area (TPSA) is 59.0 Å². The molecule has 0 saturated heterocycles. The van der Waals surface area contributed by atoms with Crippen molar-refractivity contribution in [2.75, 3.05) is 10.6 Å². The number of hydrogen-bond acceptors (Lipinski definition) is 3. The first-order valence-electron chi connectivity index (χ1n) is 9.07. The van der Waals surface area contributed by atoms with E-state index in [1.165, 1.54) is 6.07 Å². The van der Waals surface area contributed by atoms with Gasteiger partial charge in [-0.05, 0) is 27.6 Å². The summed E-state index contributed by atoms with van der Waals surface area (Å²) in [4.78, 5) is 12.6. The Morgan fingerprint density at radius 3 is 2.52 bits per heavy atom. The van der Waals surface area contributed by atoms with Gasteiger partial charge < -0.3 is 10.6 Å². The molecule has 0 unspecified atom stereocenters. The average Bonchev–Trinajstić information content (AvgIpc) is 3.14. The van der Waals surface area contributed by atoms with E-state index >= 15 is 0 Å². The summed E-state index contributed by atoms with van der Waals surface area (Å²) in [7, 11) is 0. The second-order valence-electron chi connectivity index (χ2n) is 6.96. The highest BCUT2D eigenvalue weighted by Gasteiger charge is 2.46. The summed E-state index contributed by atoms with van der Waals surface area (Å²) in [5.41, 5.74) is -0.0338. The lowest BCUT2D eigenvalue weighted by Gasteiger charge is -2.33. The van der Waals surface area contributed by atoms with E-state index in [-0.39, 0.29) is 28.1 Å². The minimum atomic E-state index is -4.60. The number of halogens is 6. The molecule has 1 aliphatic heterocycles. The van der Waals surface area contributed by atoms with Crippen LogP contribution in [0, 0.1) is 11.6 Å². The van der Waals surface area contributed by atoms with Gasteiger partial charge in [0.05, 0.1) is 11.7 Å². The molecule has 11 heteroatoms. The summed E-state index contributed by atoms with van der Waals surface area (Å²) >= 11 is 2.94. The molecule has 4 rings (SSSR count). The fraction of sp³-hybridized carbons (Fsp3) is 0.200. The van der Waals surface area contributed by atoms with Gasteiger partial charge in [-0.2, -0.15) is 18.3 Å². The standard InChI is InChI=1S/C20H14BrF5N4O/c21-12-6-11(22)7-13(23)18(12)28-19(31)15-9-17-27-14(10-4-2-1-3-5-10)8-16(20(24,25)26)30(17)29-15/h1-7,9,14,16,27H,8H2,(H,28,31)/t14-,16+/m1/s1. The van der Waals surface area contributed by atoms with Crippen LogP contribution in [-0.4, -0.2) is 21.9 Å². The van der Waals surface area contributed by atoms with Crippen molar-refractivity contribution >= 4 is 33.3 Å². The van der Waals surface area contributed by atoms with Crippen LogP contribution in [0.2, 0.25) is 0 Å². The Balaban J connectivity index is 1.66. The lowest BCUT2D eigenvalue weighted by molar-refractivity contribution is -0.173. The molecule has 0 bridgehead atoms. The van der Waals surface area contributed by atoms with Crippen molar-refractivity contribution in [3.8, 4) is 0 Å². The number of nitrogens with one attached hydrogen (secondary N) is 2. The molecule has 5 nitrogen and oxygen atoms in total. The Morgan fingerprint density at radius 2 is 1.87 bits per heavy atom. The largest absolute Gasteiger partial charge is 0.410 e.